The van der Waals surface area contributed by atoms with Crippen molar-refractivity contribution in [3.05, 3.63) is 0 Å². The van der Waals surface area contributed by atoms with E-state index in [9.17, 15) is 8.42 Å². The van der Waals surface area contributed by atoms with Gasteiger partial charge in [0.2, 0.25) is 9.05 Å². The van der Waals surface area contributed by atoms with E-state index in [0.717, 1.165) is 0 Å². The molecule has 1 unspecified atom stereocenters. The number of rotatable bonds is 8. The van der Waals surface area contributed by atoms with Gasteiger partial charge >= 0.3 is 0 Å². The molecule has 1 fully saturated rings. The second-order valence-electron chi connectivity index (χ2n) is 3.65. The van der Waals surface area contributed by atoms with E-state index in [4.69, 9.17) is 20.2 Å². The Morgan fingerprint density at radius 2 is 2.13 bits per heavy atom. The lowest BCUT2D eigenvalue weighted by Crippen LogP contribution is -2.23. The molecule has 0 bridgehead atoms. The van der Waals surface area contributed by atoms with Crippen molar-refractivity contribution in [2.24, 2.45) is 5.92 Å². The molecule has 0 N–H and O–H groups in total. The fourth-order valence-electron chi connectivity index (χ4n) is 1.36. The van der Waals surface area contributed by atoms with Gasteiger partial charge in [0.15, 0.2) is 0 Å². The van der Waals surface area contributed by atoms with Gasteiger partial charge in [0.25, 0.3) is 0 Å². The third-order valence-electron chi connectivity index (χ3n) is 2.28. The first kappa shape index (κ1) is 13.2. The van der Waals surface area contributed by atoms with Gasteiger partial charge in [-0.25, -0.2) is 8.42 Å². The molecule has 6 heteroatoms. The van der Waals surface area contributed by atoms with Crippen molar-refractivity contribution in [3.63, 3.8) is 0 Å². The molecule has 1 saturated carbocycles. The van der Waals surface area contributed by atoms with E-state index in [0.29, 0.717) is 19.1 Å². The molecular weight excluding hydrogens is 240 g/mol. The Labute approximate surface area is 95.3 Å². The van der Waals surface area contributed by atoms with Gasteiger partial charge in [0, 0.05) is 17.3 Å². The maximum absolute atomic E-state index is 10.6. The van der Waals surface area contributed by atoms with Gasteiger partial charge in [-0.2, -0.15) is 0 Å². The van der Waals surface area contributed by atoms with Crippen LogP contribution in [-0.4, -0.2) is 40.1 Å². The summed E-state index contributed by atoms with van der Waals surface area (Å²) in [4.78, 5) is 0. The molecule has 1 aliphatic carbocycles. The van der Waals surface area contributed by atoms with Crippen LogP contribution in [0.2, 0.25) is 0 Å². The highest BCUT2D eigenvalue weighted by atomic mass is 35.7. The molecule has 0 aromatic heterocycles. The average Bonchev–Trinajstić information content (AvgIpc) is 2.91. The fourth-order valence-corrected chi connectivity index (χ4v) is 1.87. The standard InChI is InChI=1S/C9H17ClO4S/c1-2-14-9(8-3-4-8)7-13-5-6-15(10,11)12/h8-9H,2-7H2,1H3. The normalized spacial score (nSPS) is 19.1. The minimum atomic E-state index is -3.43. The molecule has 0 aromatic rings. The summed E-state index contributed by atoms with van der Waals surface area (Å²) in [6.07, 6.45) is 2.48. The minimum Gasteiger partial charge on any atom is -0.378 e. The van der Waals surface area contributed by atoms with Crippen molar-refractivity contribution >= 4 is 19.7 Å². The van der Waals surface area contributed by atoms with Crippen molar-refractivity contribution in [1.29, 1.82) is 0 Å². The van der Waals surface area contributed by atoms with Crippen LogP contribution >= 0.6 is 10.7 Å². The summed E-state index contributed by atoms with van der Waals surface area (Å²) in [5.74, 6) is 0.454. The van der Waals surface area contributed by atoms with Crippen LogP contribution in [0.3, 0.4) is 0 Å². The maximum atomic E-state index is 10.6. The lowest BCUT2D eigenvalue weighted by Gasteiger charge is -2.15. The first-order chi connectivity index (χ1) is 7.03. The molecule has 0 saturated heterocycles. The lowest BCUT2D eigenvalue weighted by atomic mass is 10.2. The summed E-state index contributed by atoms with van der Waals surface area (Å²) >= 11 is 0. The van der Waals surface area contributed by atoms with E-state index >= 15 is 0 Å². The molecule has 0 heterocycles. The molecule has 15 heavy (non-hydrogen) atoms. The highest BCUT2D eigenvalue weighted by molar-refractivity contribution is 8.13. The topological polar surface area (TPSA) is 52.6 Å². The molecule has 0 aromatic carbocycles. The zero-order valence-electron chi connectivity index (χ0n) is 8.82. The summed E-state index contributed by atoms with van der Waals surface area (Å²) in [5, 5.41) is 0. The Bertz CT molecular complexity index is 274. The van der Waals surface area contributed by atoms with Crippen LogP contribution in [0.25, 0.3) is 0 Å². The van der Waals surface area contributed by atoms with Crippen LogP contribution in [0.5, 0.6) is 0 Å². The first-order valence-electron chi connectivity index (χ1n) is 5.14. The Morgan fingerprint density at radius 3 is 2.60 bits per heavy atom. The average molecular weight is 257 g/mol. The smallest absolute Gasteiger partial charge is 0.234 e. The Morgan fingerprint density at radius 1 is 1.47 bits per heavy atom. The van der Waals surface area contributed by atoms with Crippen LogP contribution in [-0.2, 0) is 18.5 Å². The molecule has 1 rings (SSSR count). The van der Waals surface area contributed by atoms with Crippen molar-refractivity contribution < 1.29 is 17.9 Å². The molecule has 1 aliphatic rings. The van der Waals surface area contributed by atoms with Crippen molar-refractivity contribution in [2.45, 2.75) is 25.9 Å². The number of halogens is 1. The third kappa shape index (κ3) is 6.35. The molecule has 0 spiro atoms. The van der Waals surface area contributed by atoms with Gasteiger partial charge < -0.3 is 9.47 Å². The quantitative estimate of drug-likeness (QED) is 0.486. The maximum Gasteiger partial charge on any atom is 0.234 e. The van der Waals surface area contributed by atoms with Gasteiger partial charge in [0.05, 0.1) is 25.1 Å². The molecule has 90 valence electrons. The molecular formula is C9H17ClO4S. The van der Waals surface area contributed by atoms with Crippen molar-refractivity contribution in [2.75, 3.05) is 25.6 Å². The summed E-state index contributed by atoms with van der Waals surface area (Å²) in [6, 6.07) is 0. The van der Waals surface area contributed by atoms with E-state index in [1.165, 1.54) is 12.8 Å². The van der Waals surface area contributed by atoms with Crippen molar-refractivity contribution in [1.82, 2.24) is 0 Å². The summed E-state index contributed by atoms with van der Waals surface area (Å²) in [6.45, 7) is 3.21. The first-order valence-corrected chi connectivity index (χ1v) is 7.62. The number of hydrogen-bond donors (Lipinski definition) is 0. The Kier molecular flexibility index (Phi) is 5.32. The van der Waals surface area contributed by atoms with Crippen LogP contribution in [0.4, 0.5) is 0 Å². The van der Waals surface area contributed by atoms with Gasteiger partial charge in [-0.1, -0.05) is 0 Å². The van der Waals surface area contributed by atoms with E-state index < -0.39 is 9.05 Å². The summed E-state index contributed by atoms with van der Waals surface area (Å²) in [5.41, 5.74) is 0. The fraction of sp³-hybridized carbons (Fsp3) is 1.00. The number of ether oxygens (including phenoxy) is 2. The lowest BCUT2D eigenvalue weighted by molar-refractivity contribution is -0.0193. The highest BCUT2D eigenvalue weighted by Gasteiger charge is 2.31. The van der Waals surface area contributed by atoms with E-state index in [2.05, 4.69) is 0 Å². The predicted octanol–water partition coefficient (Wildman–Crippen LogP) is 1.39. The molecule has 1 atom stereocenters. The SMILES string of the molecule is CCOC(COCCS(=O)(=O)Cl)C1CC1. The zero-order chi connectivity index (χ0) is 11.3. The molecule has 0 radical (unpaired) electrons. The highest BCUT2D eigenvalue weighted by Crippen LogP contribution is 2.34. The van der Waals surface area contributed by atoms with Gasteiger partial charge in [-0.05, 0) is 25.7 Å². The van der Waals surface area contributed by atoms with Crippen LogP contribution in [0, 0.1) is 5.92 Å². The zero-order valence-corrected chi connectivity index (χ0v) is 10.4. The van der Waals surface area contributed by atoms with Crippen LogP contribution in [0.15, 0.2) is 0 Å². The van der Waals surface area contributed by atoms with Gasteiger partial charge in [-0.3, -0.25) is 0 Å². The van der Waals surface area contributed by atoms with E-state index in [1.807, 2.05) is 6.92 Å². The molecule has 4 nitrogen and oxygen atoms in total. The number of hydrogen-bond acceptors (Lipinski definition) is 4. The van der Waals surface area contributed by atoms with Crippen LogP contribution in [0.1, 0.15) is 19.8 Å². The van der Waals surface area contributed by atoms with Crippen molar-refractivity contribution in [3.8, 4) is 0 Å². The Hall–Kier alpha value is 0.160. The van der Waals surface area contributed by atoms with Crippen LogP contribution < -0.4 is 0 Å². The largest absolute Gasteiger partial charge is 0.378 e. The summed E-state index contributed by atoms with van der Waals surface area (Å²) < 4.78 is 31.9. The second-order valence-corrected chi connectivity index (χ2v) is 6.55. The summed E-state index contributed by atoms with van der Waals surface area (Å²) in [7, 11) is 1.61. The van der Waals surface area contributed by atoms with Gasteiger partial charge in [-0.15, -0.1) is 0 Å². The monoisotopic (exact) mass is 256 g/mol. The molecule has 0 aliphatic heterocycles. The second kappa shape index (κ2) is 6.03. The minimum absolute atomic E-state index is 0.119. The Balaban J connectivity index is 2.11. The van der Waals surface area contributed by atoms with Gasteiger partial charge in [0.1, 0.15) is 0 Å². The van der Waals surface area contributed by atoms with E-state index in [-0.39, 0.29) is 18.5 Å². The van der Waals surface area contributed by atoms with E-state index in [1.54, 1.807) is 0 Å². The predicted molar refractivity (Wildman–Crippen MR) is 58.6 cm³/mol. The third-order valence-corrected chi connectivity index (χ3v) is 3.40. The molecule has 0 amide bonds.